The Hall–Kier alpha value is -2.07. The summed E-state index contributed by atoms with van der Waals surface area (Å²) in [5, 5.41) is 11.1. The van der Waals surface area contributed by atoms with Gasteiger partial charge in [0.15, 0.2) is 11.6 Å². The topological polar surface area (TPSA) is 35.8 Å². The quantitative estimate of drug-likeness (QED) is 0.628. The molecule has 1 aromatic carbocycles. The van der Waals surface area contributed by atoms with Crippen LogP contribution in [0.15, 0.2) is 12.1 Å². The molecule has 0 fully saturated rings. The monoisotopic (exact) mass is 220 g/mol. The van der Waals surface area contributed by atoms with Crippen LogP contribution in [0.25, 0.3) is 0 Å². The molecule has 16 heavy (non-hydrogen) atoms. The largest absolute Gasteiger partial charge is 0.379 e. The summed E-state index contributed by atoms with van der Waals surface area (Å²) >= 11 is 0. The lowest BCUT2D eigenvalue weighted by molar-refractivity contribution is 0.587. The van der Waals surface area contributed by atoms with Crippen molar-refractivity contribution in [2.75, 3.05) is 11.9 Å². The minimum atomic E-state index is -0.763. The summed E-state index contributed by atoms with van der Waals surface area (Å²) in [4.78, 5) is 0. The number of nitrogens with zero attached hydrogens (tertiary/aromatic N) is 1. The zero-order valence-electron chi connectivity index (χ0n) is 8.77. The number of hydrogen-bond donors (Lipinski definition) is 1. The van der Waals surface area contributed by atoms with Gasteiger partial charge in [0.1, 0.15) is 5.69 Å². The molecule has 0 spiro atoms. The zero-order chi connectivity index (χ0) is 12.0. The van der Waals surface area contributed by atoms with Crippen LogP contribution in [0.2, 0.25) is 0 Å². The van der Waals surface area contributed by atoms with Crippen molar-refractivity contribution in [3.8, 4) is 17.9 Å². The van der Waals surface area contributed by atoms with Crippen LogP contribution in [0.5, 0.6) is 0 Å². The van der Waals surface area contributed by atoms with Gasteiger partial charge in [0.05, 0.1) is 11.6 Å². The number of nitrogens with one attached hydrogen (secondary N) is 1. The normalized spacial score (nSPS) is 8.88. The first-order chi connectivity index (χ1) is 7.69. The van der Waals surface area contributed by atoms with E-state index in [0.717, 1.165) is 12.1 Å². The summed E-state index contributed by atoms with van der Waals surface area (Å²) < 4.78 is 26.6. The molecule has 82 valence electrons. The fourth-order valence-electron chi connectivity index (χ4n) is 1.18. The molecule has 1 rings (SSSR count). The van der Waals surface area contributed by atoms with E-state index in [1.807, 2.05) is 0 Å². The first kappa shape index (κ1) is 12.0. The van der Waals surface area contributed by atoms with E-state index in [9.17, 15) is 8.78 Å². The number of halogens is 2. The minimum absolute atomic E-state index is 0.0334. The Labute approximate surface area is 92.9 Å². The molecule has 0 amide bonds. The van der Waals surface area contributed by atoms with E-state index < -0.39 is 11.6 Å². The van der Waals surface area contributed by atoms with Crippen molar-refractivity contribution in [2.45, 2.75) is 13.3 Å². The molecule has 0 aliphatic rings. The highest BCUT2D eigenvalue weighted by atomic mass is 19.1. The Kier molecular flexibility index (Phi) is 4.29. The van der Waals surface area contributed by atoms with E-state index in [1.165, 1.54) is 0 Å². The van der Waals surface area contributed by atoms with Crippen LogP contribution in [0.1, 0.15) is 18.9 Å². The van der Waals surface area contributed by atoms with Crippen LogP contribution in [-0.4, -0.2) is 6.54 Å². The van der Waals surface area contributed by atoms with Crippen LogP contribution in [-0.2, 0) is 0 Å². The summed E-state index contributed by atoms with van der Waals surface area (Å²) in [6.45, 7) is 2.06. The molecule has 0 aliphatic carbocycles. The summed E-state index contributed by atoms with van der Waals surface area (Å²) in [6.07, 6.45) is 0.509. The highest BCUT2D eigenvalue weighted by Gasteiger charge is 2.10. The third kappa shape index (κ3) is 2.96. The van der Waals surface area contributed by atoms with Crippen molar-refractivity contribution in [1.29, 1.82) is 5.26 Å². The van der Waals surface area contributed by atoms with E-state index in [4.69, 9.17) is 5.26 Å². The van der Waals surface area contributed by atoms with Gasteiger partial charge in [0, 0.05) is 13.0 Å². The fraction of sp³-hybridized carbons (Fsp3) is 0.250. The average molecular weight is 220 g/mol. The van der Waals surface area contributed by atoms with Gasteiger partial charge in [-0.3, -0.25) is 0 Å². The SMILES string of the molecule is CC#CCCNc1c(F)cc(C#N)cc1F. The summed E-state index contributed by atoms with van der Waals surface area (Å²) in [5.74, 6) is 3.93. The van der Waals surface area contributed by atoms with E-state index in [0.29, 0.717) is 13.0 Å². The molecule has 2 nitrogen and oxygen atoms in total. The lowest BCUT2D eigenvalue weighted by Crippen LogP contribution is -2.05. The van der Waals surface area contributed by atoms with Gasteiger partial charge in [-0.25, -0.2) is 8.78 Å². The van der Waals surface area contributed by atoms with Crippen LogP contribution in [0, 0.1) is 34.8 Å². The van der Waals surface area contributed by atoms with E-state index in [-0.39, 0.29) is 11.3 Å². The number of anilines is 1. The van der Waals surface area contributed by atoms with Crippen molar-refractivity contribution < 1.29 is 8.78 Å². The second-order valence-electron chi connectivity index (χ2n) is 3.03. The van der Waals surface area contributed by atoms with Gasteiger partial charge in [-0.2, -0.15) is 5.26 Å². The van der Waals surface area contributed by atoms with Crippen molar-refractivity contribution in [3.63, 3.8) is 0 Å². The molecular weight excluding hydrogens is 210 g/mol. The van der Waals surface area contributed by atoms with Gasteiger partial charge in [-0.15, -0.1) is 11.8 Å². The number of benzene rings is 1. The molecule has 0 aromatic heterocycles. The molecule has 0 unspecified atom stereocenters. The maximum atomic E-state index is 13.3. The molecule has 0 bridgehead atoms. The van der Waals surface area contributed by atoms with Gasteiger partial charge >= 0.3 is 0 Å². The van der Waals surface area contributed by atoms with Crippen LogP contribution in [0.4, 0.5) is 14.5 Å². The Morgan fingerprint density at radius 1 is 1.31 bits per heavy atom. The third-order valence-electron chi connectivity index (χ3n) is 1.90. The highest BCUT2D eigenvalue weighted by Crippen LogP contribution is 2.20. The second kappa shape index (κ2) is 5.72. The third-order valence-corrected chi connectivity index (χ3v) is 1.90. The van der Waals surface area contributed by atoms with Crippen LogP contribution in [0.3, 0.4) is 0 Å². The number of hydrogen-bond acceptors (Lipinski definition) is 2. The maximum Gasteiger partial charge on any atom is 0.150 e. The number of rotatable bonds is 3. The molecular formula is C12H10F2N2. The minimum Gasteiger partial charge on any atom is -0.379 e. The molecule has 1 N–H and O–H groups in total. The van der Waals surface area contributed by atoms with Gasteiger partial charge in [-0.1, -0.05) is 0 Å². The molecule has 0 saturated carbocycles. The second-order valence-corrected chi connectivity index (χ2v) is 3.03. The Balaban J connectivity index is 2.80. The first-order valence-corrected chi connectivity index (χ1v) is 4.71. The van der Waals surface area contributed by atoms with Gasteiger partial charge in [-0.05, 0) is 19.1 Å². The Bertz CT molecular complexity index is 455. The lowest BCUT2D eigenvalue weighted by Gasteiger charge is -2.07. The van der Waals surface area contributed by atoms with Crippen molar-refractivity contribution >= 4 is 5.69 Å². The molecule has 1 aromatic rings. The highest BCUT2D eigenvalue weighted by molar-refractivity contribution is 5.50. The lowest BCUT2D eigenvalue weighted by atomic mass is 10.2. The van der Waals surface area contributed by atoms with E-state index >= 15 is 0 Å². The predicted octanol–water partition coefficient (Wildman–Crippen LogP) is 2.66. The molecule has 0 radical (unpaired) electrons. The zero-order valence-corrected chi connectivity index (χ0v) is 8.77. The smallest absolute Gasteiger partial charge is 0.150 e. The number of nitriles is 1. The molecule has 4 heteroatoms. The van der Waals surface area contributed by atoms with Crippen LogP contribution < -0.4 is 5.32 Å². The molecule has 0 saturated heterocycles. The summed E-state index contributed by atoms with van der Waals surface area (Å²) in [5.41, 5.74) is -0.245. The van der Waals surface area contributed by atoms with Crippen molar-refractivity contribution in [2.24, 2.45) is 0 Å². The fourth-order valence-corrected chi connectivity index (χ4v) is 1.18. The van der Waals surface area contributed by atoms with Crippen molar-refractivity contribution in [3.05, 3.63) is 29.3 Å². The average Bonchev–Trinajstić information content (AvgIpc) is 2.26. The standard InChI is InChI=1S/C12H10F2N2/c1-2-3-4-5-16-12-10(13)6-9(8-15)7-11(12)14/h6-7,16H,4-5H2,1H3. The molecule has 0 atom stereocenters. The van der Waals surface area contributed by atoms with Gasteiger partial charge < -0.3 is 5.32 Å². The Morgan fingerprint density at radius 3 is 2.44 bits per heavy atom. The summed E-state index contributed by atoms with van der Waals surface area (Å²) in [7, 11) is 0. The van der Waals surface area contributed by atoms with E-state index in [1.54, 1.807) is 13.0 Å². The van der Waals surface area contributed by atoms with E-state index in [2.05, 4.69) is 17.2 Å². The van der Waals surface area contributed by atoms with Crippen LogP contribution >= 0.6 is 0 Å². The van der Waals surface area contributed by atoms with Gasteiger partial charge in [0.25, 0.3) is 0 Å². The molecule has 0 aliphatic heterocycles. The Morgan fingerprint density at radius 2 is 1.94 bits per heavy atom. The van der Waals surface area contributed by atoms with Crippen molar-refractivity contribution in [1.82, 2.24) is 0 Å². The van der Waals surface area contributed by atoms with Gasteiger partial charge in [0.2, 0.25) is 0 Å². The maximum absolute atomic E-state index is 13.3. The predicted molar refractivity (Wildman–Crippen MR) is 57.6 cm³/mol. The summed E-state index contributed by atoms with van der Waals surface area (Å²) in [6, 6.07) is 3.68. The molecule has 0 heterocycles. The first-order valence-electron chi connectivity index (χ1n) is 4.71.